The summed E-state index contributed by atoms with van der Waals surface area (Å²) < 4.78 is 7.12. The molecule has 0 fully saturated rings. The quantitative estimate of drug-likeness (QED) is 0.813. The molecule has 8 nitrogen and oxygen atoms in total. The van der Waals surface area contributed by atoms with E-state index in [1.165, 1.54) is 0 Å². The molecule has 0 amide bonds. The van der Waals surface area contributed by atoms with E-state index in [0.29, 0.717) is 12.5 Å². The molecule has 0 aliphatic rings. The number of nitrogens with two attached hydrogens (primary N) is 1. The number of rotatable bonds is 5. The minimum absolute atomic E-state index is 0.0204. The molecule has 8 heteroatoms. The molecule has 2 heterocycles. The molecule has 19 heavy (non-hydrogen) atoms. The molecule has 0 saturated carbocycles. The molecule has 3 N–H and O–H groups in total. The van der Waals surface area contributed by atoms with Crippen molar-refractivity contribution in [3.63, 3.8) is 0 Å². The molecule has 0 aliphatic heterocycles. The average molecular weight is 263 g/mol. The van der Waals surface area contributed by atoms with E-state index in [4.69, 9.17) is 10.5 Å². The SMILES string of the molecule is CC(C)Oc1nc(N)nc(NCc2cnn(C)c2)n1. The van der Waals surface area contributed by atoms with E-state index in [1.54, 1.807) is 10.9 Å². The molecule has 0 atom stereocenters. The first-order valence-electron chi connectivity index (χ1n) is 5.92. The van der Waals surface area contributed by atoms with Crippen molar-refractivity contribution in [3.05, 3.63) is 18.0 Å². The Balaban J connectivity index is 2.05. The van der Waals surface area contributed by atoms with Crippen molar-refractivity contribution in [2.24, 2.45) is 7.05 Å². The lowest BCUT2D eigenvalue weighted by molar-refractivity contribution is 0.222. The predicted octanol–water partition coefficient (Wildman–Crippen LogP) is 0.587. The highest BCUT2D eigenvalue weighted by Gasteiger charge is 2.07. The molecular weight excluding hydrogens is 246 g/mol. The lowest BCUT2D eigenvalue weighted by Crippen LogP contribution is -2.12. The summed E-state index contributed by atoms with van der Waals surface area (Å²) in [6.07, 6.45) is 3.65. The summed E-state index contributed by atoms with van der Waals surface area (Å²) in [5, 5.41) is 7.13. The molecule has 0 bridgehead atoms. The van der Waals surface area contributed by atoms with Crippen molar-refractivity contribution >= 4 is 11.9 Å². The van der Waals surface area contributed by atoms with Gasteiger partial charge in [0.05, 0.1) is 12.3 Å². The van der Waals surface area contributed by atoms with E-state index in [0.717, 1.165) is 5.56 Å². The average Bonchev–Trinajstić information content (AvgIpc) is 2.71. The van der Waals surface area contributed by atoms with Crippen LogP contribution in [0.15, 0.2) is 12.4 Å². The maximum absolute atomic E-state index is 5.61. The molecule has 0 aliphatic carbocycles. The van der Waals surface area contributed by atoms with E-state index >= 15 is 0 Å². The Morgan fingerprint density at radius 1 is 1.37 bits per heavy atom. The van der Waals surface area contributed by atoms with Crippen molar-refractivity contribution in [2.45, 2.75) is 26.5 Å². The summed E-state index contributed by atoms with van der Waals surface area (Å²) in [5.74, 6) is 0.506. The van der Waals surface area contributed by atoms with Crippen LogP contribution < -0.4 is 15.8 Å². The zero-order valence-corrected chi connectivity index (χ0v) is 11.2. The van der Waals surface area contributed by atoms with Gasteiger partial charge in [0, 0.05) is 25.4 Å². The first kappa shape index (κ1) is 13.1. The van der Waals surface area contributed by atoms with Crippen LogP contribution in [0.1, 0.15) is 19.4 Å². The normalized spacial score (nSPS) is 10.7. The summed E-state index contributed by atoms with van der Waals surface area (Å²) in [4.78, 5) is 12.0. The number of nitrogens with one attached hydrogen (secondary N) is 1. The minimum atomic E-state index is -0.0204. The van der Waals surface area contributed by atoms with Gasteiger partial charge in [-0.3, -0.25) is 4.68 Å². The van der Waals surface area contributed by atoms with E-state index in [-0.39, 0.29) is 18.1 Å². The van der Waals surface area contributed by atoms with Gasteiger partial charge in [0.25, 0.3) is 0 Å². The van der Waals surface area contributed by atoms with E-state index < -0.39 is 0 Å². The van der Waals surface area contributed by atoms with Crippen LogP contribution in [0, 0.1) is 0 Å². The molecule has 0 saturated heterocycles. The molecule has 0 aromatic carbocycles. The van der Waals surface area contributed by atoms with Gasteiger partial charge in [-0.25, -0.2) is 0 Å². The Morgan fingerprint density at radius 3 is 2.79 bits per heavy atom. The standard InChI is InChI=1S/C11H17N7O/c1-7(2)19-11-16-9(12)15-10(17-11)13-4-8-5-14-18(3)6-8/h5-7H,4H2,1-3H3,(H3,12,13,15,16,17). The summed E-state index contributed by atoms with van der Waals surface area (Å²) in [5.41, 5.74) is 6.63. The fraction of sp³-hybridized carbons (Fsp3) is 0.455. The zero-order chi connectivity index (χ0) is 13.8. The van der Waals surface area contributed by atoms with Crippen LogP contribution >= 0.6 is 0 Å². The third kappa shape index (κ3) is 3.80. The van der Waals surface area contributed by atoms with E-state index in [1.807, 2.05) is 27.1 Å². The number of hydrogen-bond donors (Lipinski definition) is 2. The molecule has 0 radical (unpaired) electrons. The number of anilines is 2. The van der Waals surface area contributed by atoms with Gasteiger partial charge in [-0.05, 0) is 13.8 Å². The number of nitrogen functional groups attached to an aromatic ring is 1. The monoisotopic (exact) mass is 263 g/mol. The van der Waals surface area contributed by atoms with Crippen LogP contribution in [0.5, 0.6) is 6.01 Å². The Morgan fingerprint density at radius 2 is 2.16 bits per heavy atom. The highest BCUT2D eigenvalue weighted by atomic mass is 16.5. The zero-order valence-electron chi connectivity index (χ0n) is 11.2. The third-order valence-corrected chi connectivity index (χ3v) is 2.18. The maximum atomic E-state index is 5.61. The van der Waals surface area contributed by atoms with E-state index in [9.17, 15) is 0 Å². The fourth-order valence-corrected chi connectivity index (χ4v) is 1.46. The summed E-state index contributed by atoms with van der Waals surface area (Å²) in [7, 11) is 1.86. The molecule has 2 aromatic rings. The Bertz CT molecular complexity index is 552. The molecule has 2 aromatic heterocycles. The number of aromatic nitrogens is 5. The number of aryl methyl sites for hydroxylation is 1. The number of hydrogen-bond acceptors (Lipinski definition) is 7. The molecule has 102 valence electrons. The van der Waals surface area contributed by atoms with Gasteiger partial charge in [0.2, 0.25) is 11.9 Å². The molecule has 0 unspecified atom stereocenters. The maximum Gasteiger partial charge on any atom is 0.323 e. The topological polar surface area (TPSA) is 104 Å². The molecule has 2 rings (SSSR count). The molecular formula is C11H17N7O. The lowest BCUT2D eigenvalue weighted by atomic mass is 10.4. The van der Waals surface area contributed by atoms with Crippen LogP contribution in [0.4, 0.5) is 11.9 Å². The van der Waals surface area contributed by atoms with Gasteiger partial charge in [-0.1, -0.05) is 0 Å². The van der Waals surface area contributed by atoms with Crippen LogP contribution in [0.25, 0.3) is 0 Å². The van der Waals surface area contributed by atoms with Crippen molar-refractivity contribution in [1.82, 2.24) is 24.7 Å². The van der Waals surface area contributed by atoms with Gasteiger partial charge in [-0.2, -0.15) is 20.1 Å². The van der Waals surface area contributed by atoms with Gasteiger partial charge in [-0.15, -0.1) is 0 Å². The Kier molecular flexibility index (Phi) is 3.79. The Labute approximate surface area is 111 Å². The van der Waals surface area contributed by atoms with Crippen molar-refractivity contribution in [1.29, 1.82) is 0 Å². The smallest absolute Gasteiger partial charge is 0.323 e. The van der Waals surface area contributed by atoms with Gasteiger partial charge in [0.1, 0.15) is 0 Å². The number of ether oxygens (including phenoxy) is 1. The summed E-state index contributed by atoms with van der Waals surface area (Å²) >= 11 is 0. The first-order chi connectivity index (χ1) is 9.02. The molecule has 0 spiro atoms. The fourth-order valence-electron chi connectivity index (χ4n) is 1.46. The second-order valence-corrected chi connectivity index (χ2v) is 4.34. The summed E-state index contributed by atoms with van der Waals surface area (Å²) in [6, 6.07) is 0.219. The predicted molar refractivity (Wildman–Crippen MR) is 70.5 cm³/mol. The first-order valence-corrected chi connectivity index (χ1v) is 5.92. The number of nitrogens with zero attached hydrogens (tertiary/aromatic N) is 5. The van der Waals surface area contributed by atoms with Crippen molar-refractivity contribution in [3.8, 4) is 6.01 Å². The second kappa shape index (κ2) is 5.51. The highest BCUT2D eigenvalue weighted by Crippen LogP contribution is 2.11. The van der Waals surface area contributed by atoms with E-state index in [2.05, 4.69) is 25.4 Å². The highest BCUT2D eigenvalue weighted by molar-refractivity contribution is 5.33. The largest absolute Gasteiger partial charge is 0.461 e. The Hall–Kier alpha value is -2.38. The lowest BCUT2D eigenvalue weighted by Gasteiger charge is -2.09. The minimum Gasteiger partial charge on any atom is -0.461 e. The van der Waals surface area contributed by atoms with Crippen molar-refractivity contribution in [2.75, 3.05) is 11.1 Å². The van der Waals surface area contributed by atoms with Gasteiger partial charge >= 0.3 is 6.01 Å². The summed E-state index contributed by atoms with van der Waals surface area (Å²) in [6.45, 7) is 4.34. The third-order valence-electron chi connectivity index (χ3n) is 2.18. The van der Waals surface area contributed by atoms with Crippen LogP contribution in [-0.2, 0) is 13.6 Å². The second-order valence-electron chi connectivity index (χ2n) is 4.34. The van der Waals surface area contributed by atoms with Crippen LogP contribution in [-0.4, -0.2) is 30.8 Å². The van der Waals surface area contributed by atoms with Crippen LogP contribution in [0.3, 0.4) is 0 Å². The van der Waals surface area contributed by atoms with Crippen LogP contribution in [0.2, 0.25) is 0 Å². The van der Waals surface area contributed by atoms with Gasteiger partial charge in [0.15, 0.2) is 0 Å². The van der Waals surface area contributed by atoms with Crippen molar-refractivity contribution < 1.29 is 4.74 Å². The van der Waals surface area contributed by atoms with Gasteiger partial charge < -0.3 is 15.8 Å².